The number of rotatable bonds is 1. The topological polar surface area (TPSA) is 43.8 Å². The molecule has 1 aromatic carbocycles. The van der Waals surface area contributed by atoms with Crippen LogP contribution in [0, 0.1) is 12.7 Å². The van der Waals surface area contributed by atoms with E-state index in [0.717, 1.165) is 5.56 Å². The maximum absolute atomic E-state index is 13.4. The fraction of sp³-hybridized carbons (Fsp3) is 0.100. The van der Waals surface area contributed by atoms with Crippen LogP contribution < -0.4 is 5.73 Å². The van der Waals surface area contributed by atoms with Gasteiger partial charge in [0.25, 0.3) is 0 Å². The molecule has 1 aromatic heterocycles. The lowest BCUT2D eigenvalue weighted by molar-refractivity contribution is 0.619. The summed E-state index contributed by atoms with van der Waals surface area (Å²) in [5, 5.41) is 0. The number of aryl methyl sites for hydroxylation is 1. The molecule has 5 heteroatoms. The van der Waals surface area contributed by atoms with E-state index in [-0.39, 0.29) is 5.82 Å². The Bertz CT molecular complexity index is 507. The number of nitrogens with two attached hydrogens (primary N) is 1. The minimum absolute atomic E-state index is 0.316. The lowest BCUT2D eigenvalue weighted by atomic mass is 10.2. The van der Waals surface area contributed by atoms with Crippen molar-refractivity contribution in [1.29, 1.82) is 0 Å². The van der Waals surface area contributed by atoms with Crippen LogP contribution in [0.3, 0.4) is 0 Å². The van der Waals surface area contributed by atoms with E-state index in [0.29, 0.717) is 16.1 Å². The molecule has 78 valence electrons. The van der Waals surface area contributed by atoms with Crippen molar-refractivity contribution < 1.29 is 4.39 Å². The molecule has 0 atom stereocenters. The van der Waals surface area contributed by atoms with Gasteiger partial charge in [0.05, 0.1) is 10.2 Å². The predicted octanol–water partition coefficient (Wildman–Crippen LogP) is 2.66. The quantitative estimate of drug-likeness (QED) is 0.865. The lowest BCUT2D eigenvalue weighted by Crippen LogP contribution is -2.02. The van der Waals surface area contributed by atoms with E-state index in [1.54, 1.807) is 23.0 Å². The van der Waals surface area contributed by atoms with E-state index in [2.05, 4.69) is 20.9 Å². The van der Waals surface area contributed by atoms with E-state index in [1.165, 1.54) is 6.07 Å². The number of aromatic nitrogens is 2. The summed E-state index contributed by atoms with van der Waals surface area (Å²) in [5.74, 6) is 0.0310. The number of nitrogen functional groups attached to an aromatic ring is 1. The second-order valence-electron chi connectivity index (χ2n) is 3.21. The molecule has 2 aromatic rings. The standard InChI is InChI=1S/C10H9BrFN3/c1-6-4-7(11)8(12)5-9(6)15-3-2-14-10(15)13/h2-5H,1H3,(H2,13,14). The summed E-state index contributed by atoms with van der Waals surface area (Å²) in [6.07, 6.45) is 3.28. The van der Waals surface area contributed by atoms with E-state index in [9.17, 15) is 4.39 Å². The molecule has 0 amide bonds. The van der Waals surface area contributed by atoms with Crippen molar-refractivity contribution in [3.05, 3.63) is 40.4 Å². The van der Waals surface area contributed by atoms with Gasteiger partial charge in [-0.2, -0.15) is 0 Å². The van der Waals surface area contributed by atoms with Crippen LogP contribution in [0.25, 0.3) is 5.69 Å². The first-order valence-corrected chi connectivity index (χ1v) is 5.13. The molecular formula is C10H9BrFN3. The molecule has 0 aliphatic heterocycles. The molecule has 0 spiro atoms. The van der Waals surface area contributed by atoms with Crippen LogP contribution in [0.15, 0.2) is 29.0 Å². The molecule has 3 nitrogen and oxygen atoms in total. The molecule has 0 saturated carbocycles. The van der Waals surface area contributed by atoms with Gasteiger partial charge in [-0.3, -0.25) is 4.57 Å². The molecule has 0 aliphatic carbocycles. The summed E-state index contributed by atoms with van der Waals surface area (Å²) in [6.45, 7) is 1.89. The molecule has 1 heterocycles. The zero-order chi connectivity index (χ0) is 11.0. The van der Waals surface area contributed by atoms with Gasteiger partial charge in [-0.15, -0.1) is 0 Å². The Morgan fingerprint density at radius 1 is 1.47 bits per heavy atom. The minimum Gasteiger partial charge on any atom is -0.369 e. The molecule has 15 heavy (non-hydrogen) atoms. The van der Waals surface area contributed by atoms with Crippen molar-refractivity contribution in [2.45, 2.75) is 6.92 Å². The van der Waals surface area contributed by atoms with E-state index in [4.69, 9.17) is 5.73 Å². The van der Waals surface area contributed by atoms with Crippen molar-refractivity contribution in [2.75, 3.05) is 5.73 Å². The normalized spacial score (nSPS) is 10.6. The van der Waals surface area contributed by atoms with Gasteiger partial charge in [0, 0.05) is 12.4 Å². The number of hydrogen-bond acceptors (Lipinski definition) is 2. The fourth-order valence-corrected chi connectivity index (χ4v) is 1.87. The third kappa shape index (κ3) is 1.74. The molecule has 0 unspecified atom stereocenters. The van der Waals surface area contributed by atoms with Crippen LogP contribution in [0.4, 0.5) is 10.3 Å². The zero-order valence-electron chi connectivity index (χ0n) is 8.04. The summed E-state index contributed by atoms with van der Waals surface area (Å²) >= 11 is 3.13. The number of nitrogens with zero attached hydrogens (tertiary/aromatic N) is 2. The second-order valence-corrected chi connectivity index (χ2v) is 4.06. The van der Waals surface area contributed by atoms with Crippen molar-refractivity contribution in [2.24, 2.45) is 0 Å². The molecule has 0 bridgehead atoms. The highest BCUT2D eigenvalue weighted by Crippen LogP contribution is 2.24. The molecule has 0 aliphatic rings. The van der Waals surface area contributed by atoms with Crippen LogP contribution in [0.1, 0.15) is 5.56 Å². The first kappa shape index (κ1) is 10.2. The predicted molar refractivity (Wildman–Crippen MR) is 60.4 cm³/mol. The van der Waals surface area contributed by atoms with Gasteiger partial charge in [-0.05, 0) is 40.5 Å². The van der Waals surface area contributed by atoms with Gasteiger partial charge in [0.1, 0.15) is 5.82 Å². The van der Waals surface area contributed by atoms with E-state index in [1.807, 2.05) is 6.92 Å². The smallest absolute Gasteiger partial charge is 0.204 e. The summed E-state index contributed by atoms with van der Waals surface area (Å²) in [5.41, 5.74) is 7.27. The average molecular weight is 270 g/mol. The summed E-state index contributed by atoms with van der Waals surface area (Å²) in [4.78, 5) is 3.89. The zero-order valence-corrected chi connectivity index (χ0v) is 9.62. The second kappa shape index (κ2) is 3.66. The van der Waals surface area contributed by atoms with Crippen molar-refractivity contribution in [1.82, 2.24) is 9.55 Å². The van der Waals surface area contributed by atoms with Gasteiger partial charge < -0.3 is 5.73 Å². The van der Waals surface area contributed by atoms with E-state index < -0.39 is 0 Å². The molecule has 0 radical (unpaired) electrons. The highest BCUT2D eigenvalue weighted by atomic mass is 79.9. The SMILES string of the molecule is Cc1cc(Br)c(F)cc1-n1ccnc1N. The maximum atomic E-state index is 13.4. The Morgan fingerprint density at radius 3 is 2.80 bits per heavy atom. The summed E-state index contributed by atoms with van der Waals surface area (Å²) in [7, 11) is 0. The van der Waals surface area contributed by atoms with Crippen LogP contribution in [-0.4, -0.2) is 9.55 Å². The summed E-state index contributed by atoms with van der Waals surface area (Å²) in [6, 6.07) is 3.14. The first-order chi connectivity index (χ1) is 7.09. The van der Waals surface area contributed by atoms with Gasteiger partial charge in [0.2, 0.25) is 5.95 Å². The molecular weight excluding hydrogens is 261 g/mol. The largest absolute Gasteiger partial charge is 0.369 e. The maximum Gasteiger partial charge on any atom is 0.204 e. The fourth-order valence-electron chi connectivity index (χ4n) is 1.41. The number of halogens is 2. The highest BCUT2D eigenvalue weighted by Gasteiger charge is 2.08. The molecule has 0 fully saturated rings. The van der Waals surface area contributed by atoms with Crippen molar-refractivity contribution in [3.63, 3.8) is 0 Å². The van der Waals surface area contributed by atoms with Crippen LogP contribution in [0.5, 0.6) is 0 Å². The summed E-state index contributed by atoms with van der Waals surface area (Å²) < 4.78 is 15.5. The van der Waals surface area contributed by atoms with E-state index >= 15 is 0 Å². The minimum atomic E-state index is -0.316. The lowest BCUT2D eigenvalue weighted by Gasteiger charge is -2.09. The van der Waals surface area contributed by atoms with Crippen LogP contribution in [-0.2, 0) is 0 Å². The highest BCUT2D eigenvalue weighted by molar-refractivity contribution is 9.10. The van der Waals surface area contributed by atoms with Crippen molar-refractivity contribution >= 4 is 21.9 Å². The van der Waals surface area contributed by atoms with Gasteiger partial charge >= 0.3 is 0 Å². The number of imidazole rings is 1. The molecule has 2 rings (SSSR count). The Kier molecular flexibility index (Phi) is 2.48. The number of hydrogen-bond donors (Lipinski definition) is 1. The third-order valence-corrected chi connectivity index (χ3v) is 2.78. The average Bonchev–Trinajstić information content (AvgIpc) is 2.58. The van der Waals surface area contributed by atoms with Crippen LogP contribution in [0.2, 0.25) is 0 Å². The monoisotopic (exact) mass is 269 g/mol. The van der Waals surface area contributed by atoms with Gasteiger partial charge in [-0.1, -0.05) is 0 Å². The Balaban J connectivity index is 2.64. The Labute approximate surface area is 94.9 Å². The molecule has 2 N–H and O–H groups in total. The third-order valence-electron chi connectivity index (χ3n) is 2.17. The molecule has 0 saturated heterocycles. The van der Waals surface area contributed by atoms with Gasteiger partial charge in [-0.25, -0.2) is 9.37 Å². The number of benzene rings is 1. The number of anilines is 1. The van der Waals surface area contributed by atoms with Crippen molar-refractivity contribution in [3.8, 4) is 5.69 Å². The first-order valence-electron chi connectivity index (χ1n) is 4.34. The Morgan fingerprint density at radius 2 is 2.20 bits per heavy atom. The Hall–Kier alpha value is -1.36. The van der Waals surface area contributed by atoms with Crippen LogP contribution >= 0.6 is 15.9 Å². The van der Waals surface area contributed by atoms with Gasteiger partial charge in [0.15, 0.2) is 0 Å².